The molecule has 0 aliphatic rings. The van der Waals surface area contributed by atoms with Crippen LogP contribution in [0.2, 0.25) is 0 Å². The first-order valence-electron chi connectivity index (χ1n) is 5.62. The molecule has 2 N–H and O–H groups in total. The van der Waals surface area contributed by atoms with E-state index in [9.17, 15) is 8.42 Å². The van der Waals surface area contributed by atoms with Crippen LogP contribution in [0, 0.1) is 0 Å². The predicted octanol–water partition coefficient (Wildman–Crippen LogP) is 1.10. The number of hydrogen-bond donors (Lipinski definition) is 1. The van der Waals surface area contributed by atoms with E-state index in [1.807, 2.05) is 18.2 Å². The van der Waals surface area contributed by atoms with Crippen molar-refractivity contribution in [2.24, 2.45) is 10.7 Å². The Hall–Kier alpha value is -0.830. The minimum absolute atomic E-state index is 0. The summed E-state index contributed by atoms with van der Waals surface area (Å²) in [6, 6.07) is 9.11. The van der Waals surface area contributed by atoms with E-state index in [0.29, 0.717) is 5.96 Å². The Labute approximate surface area is 131 Å². The lowest BCUT2D eigenvalue weighted by molar-refractivity contribution is 0.593. The van der Waals surface area contributed by atoms with Crippen LogP contribution in [0.15, 0.2) is 35.3 Å². The minimum atomic E-state index is -3.14. The zero-order valence-corrected chi connectivity index (χ0v) is 14.3. The second-order valence-electron chi connectivity index (χ2n) is 4.21. The Balaban J connectivity index is 0.00000324. The monoisotopic (exact) mass is 397 g/mol. The molecule has 0 spiro atoms. The van der Waals surface area contributed by atoms with Crippen molar-refractivity contribution in [3.05, 3.63) is 35.9 Å². The molecule has 1 aromatic carbocycles. The molecule has 0 aliphatic carbocycles. The first-order valence-corrected chi connectivity index (χ1v) is 7.44. The van der Waals surface area contributed by atoms with Gasteiger partial charge in [-0.3, -0.25) is 4.99 Å². The van der Waals surface area contributed by atoms with Gasteiger partial charge < -0.3 is 10.6 Å². The van der Waals surface area contributed by atoms with Crippen molar-refractivity contribution < 1.29 is 8.42 Å². The lowest BCUT2D eigenvalue weighted by atomic mass is 10.2. The molecule has 0 radical (unpaired) electrons. The number of nitrogens with two attached hydrogens (primary N) is 1. The number of sulfone groups is 1. The molecule has 0 atom stereocenters. The molecule has 108 valence electrons. The van der Waals surface area contributed by atoms with E-state index >= 15 is 0 Å². The first kappa shape index (κ1) is 18.2. The van der Waals surface area contributed by atoms with Gasteiger partial charge in [-0.15, -0.1) is 24.0 Å². The van der Waals surface area contributed by atoms with E-state index in [1.165, 1.54) is 0 Å². The molecule has 0 heterocycles. The fraction of sp³-hybridized carbons (Fsp3) is 0.417. The molecular weight excluding hydrogens is 377 g/mol. The Morgan fingerprint density at radius 3 is 2.37 bits per heavy atom. The molecule has 0 saturated carbocycles. The van der Waals surface area contributed by atoms with Crippen LogP contribution in [0.5, 0.6) is 0 Å². The van der Waals surface area contributed by atoms with Crippen LogP contribution in [-0.4, -0.2) is 45.7 Å². The van der Waals surface area contributed by atoms with Gasteiger partial charge in [0.2, 0.25) is 0 Å². The summed E-state index contributed by atoms with van der Waals surface area (Å²) < 4.78 is 23.7. The number of aliphatic imine (C=N–C) groups is 1. The van der Waals surface area contributed by atoms with Gasteiger partial charge in [-0.05, 0) is 5.56 Å². The number of rotatable bonds is 5. The highest BCUT2D eigenvalue weighted by Gasteiger charge is 2.11. The summed E-state index contributed by atoms with van der Waals surface area (Å²) in [5.74, 6) is 0.395. The summed E-state index contributed by atoms with van der Waals surface area (Å²) in [6.45, 7) is 0.194. The molecule has 0 aliphatic heterocycles. The maximum Gasteiger partial charge on any atom is 0.190 e. The fourth-order valence-electron chi connectivity index (χ4n) is 1.34. The van der Waals surface area contributed by atoms with Gasteiger partial charge in [0.05, 0.1) is 18.1 Å². The minimum Gasteiger partial charge on any atom is -0.370 e. The number of hydrogen-bond acceptors (Lipinski definition) is 3. The highest BCUT2D eigenvalue weighted by molar-refractivity contribution is 14.0. The molecule has 0 fully saturated rings. The van der Waals surface area contributed by atoms with E-state index in [-0.39, 0.29) is 42.0 Å². The number of halogens is 1. The third kappa shape index (κ3) is 7.36. The third-order valence-electron chi connectivity index (χ3n) is 2.36. The predicted molar refractivity (Wildman–Crippen MR) is 89.5 cm³/mol. The molecule has 5 nitrogen and oxygen atoms in total. The van der Waals surface area contributed by atoms with Crippen molar-refractivity contribution in [1.29, 1.82) is 0 Å². The Kier molecular flexibility index (Phi) is 8.00. The Morgan fingerprint density at radius 1 is 1.26 bits per heavy atom. The average molecular weight is 397 g/mol. The standard InChI is InChI=1S/C12H19N3O2S.HI/c1-15(2)12(13)14-8-9-18(16,17)10-11-6-4-3-5-7-11;/h3-7H,8-10H2,1-2H3,(H2,13,14);1H. The van der Waals surface area contributed by atoms with Gasteiger partial charge in [-0.25, -0.2) is 8.42 Å². The molecule has 7 heteroatoms. The maximum absolute atomic E-state index is 11.8. The normalized spacial score (nSPS) is 11.8. The summed E-state index contributed by atoms with van der Waals surface area (Å²) in [5, 5.41) is 0. The lowest BCUT2D eigenvalue weighted by Gasteiger charge is -2.10. The SMILES string of the molecule is CN(C)C(N)=NCCS(=O)(=O)Cc1ccccc1.I. The third-order valence-corrected chi connectivity index (χ3v) is 3.94. The number of guanidine groups is 1. The highest BCUT2D eigenvalue weighted by Crippen LogP contribution is 2.05. The first-order chi connectivity index (χ1) is 8.41. The summed E-state index contributed by atoms with van der Waals surface area (Å²) >= 11 is 0. The topological polar surface area (TPSA) is 75.8 Å². The quantitative estimate of drug-likeness (QED) is 0.459. The summed E-state index contributed by atoms with van der Waals surface area (Å²) in [7, 11) is 0.385. The molecule has 0 saturated heterocycles. The smallest absolute Gasteiger partial charge is 0.190 e. The van der Waals surface area contributed by atoms with Gasteiger partial charge in [-0.1, -0.05) is 30.3 Å². The summed E-state index contributed by atoms with van der Waals surface area (Å²) in [5.41, 5.74) is 6.37. The van der Waals surface area contributed by atoms with Crippen molar-refractivity contribution in [2.45, 2.75) is 5.75 Å². The Morgan fingerprint density at radius 2 is 1.84 bits per heavy atom. The molecular formula is C12H20IN3O2S. The van der Waals surface area contributed by atoms with Gasteiger partial charge >= 0.3 is 0 Å². The van der Waals surface area contributed by atoms with E-state index in [1.54, 1.807) is 31.1 Å². The van der Waals surface area contributed by atoms with Crippen LogP contribution < -0.4 is 5.73 Å². The van der Waals surface area contributed by atoms with Crippen LogP contribution in [0.1, 0.15) is 5.56 Å². The van der Waals surface area contributed by atoms with Crippen LogP contribution in [0.3, 0.4) is 0 Å². The molecule has 0 unspecified atom stereocenters. The van der Waals surface area contributed by atoms with Crippen molar-refractivity contribution >= 4 is 39.8 Å². The van der Waals surface area contributed by atoms with Crippen molar-refractivity contribution in [3.8, 4) is 0 Å². The largest absolute Gasteiger partial charge is 0.370 e. The van der Waals surface area contributed by atoms with Crippen molar-refractivity contribution in [3.63, 3.8) is 0 Å². The second-order valence-corrected chi connectivity index (χ2v) is 6.40. The van der Waals surface area contributed by atoms with E-state index in [2.05, 4.69) is 4.99 Å². The lowest BCUT2D eigenvalue weighted by Crippen LogP contribution is -2.31. The Bertz CT molecular complexity index is 501. The molecule has 0 amide bonds. The highest BCUT2D eigenvalue weighted by atomic mass is 127. The zero-order chi connectivity index (χ0) is 13.6. The molecule has 1 aromatic rings. The summed E-state index contributed by atoms with van der Waals surface area (Å²) in [6.07, 6.45) is 0. The zero-order valence-electron chi connectivity index (χ0n) is 11.1. The maximum atomic E-state index is 11.8. The van der Waals surface area contributed by atoms with Crippen LogP contribution in [0.25, 0.3) is 0 Å². The van der Waals surface area contributed by atoms with E-state index in [4.69, 9.17) is 5.73 Å². The molecule has 19 heavy (non-hydrogen) atoms. The van der Waals surface area contributed by atoms with Gasteiger partial charge in [0.1, 0.15) is 0 Å². The fourth-order valence-corrected chi connectivity index (χ4v) is 2.56. The number of benzene rings is 1. The molecule has 0 aromatic heterocycles. The average Bonchev–Trinajstić information content (AvgIpc) is 2.29. The number of nitrogens with zero attached hydrogens (tertiary/aromatic N) is 2. The van der Waals surface area contributed by atoms with Crippen LogP contribution >= 0.6 is 24.0 Å². The molecule has 0 bridgehead atoms. The van der Waals surface area contributed by atoms with Gasteiger partial charge in [0.15, 0.2) is 15.8 Å². The van der Waals surface area contributed by atoms with Crippen molar-refractivity contribution in [1.82, 2.24) is 4.90 Å². The van der Waals surface area contributed by atoms with Crippen LogP contribution in [0.4, 0.5) is 0 Å². The van der Waals surface area contributed by atoms with Crippen molar-refractivity contribution in [2.75, 3.05) is 26.4 Å². The summed E-state index contributed by atoms with van der Waals surface area (Å²) in [4.78, 5) is 5.63. The van der Waals surface area contributed by atoms with E-state index in [0.717, 1.165) is 5.56 Å². The van der Waals surface area contributed by atoms with Crippen LogP contribution in [-0.2, 0) is 15.6 Å². The molecule has 1 rings (SSSR count). The van der Waals surface area contributed by atoms with Gasteiger partial charge in [-0.2, -0.15) is 0 Å². The van der Waals surface area contributed by atoms with Gasteiger partial charge in [0, 0.05) is 14.1 Å². The van der Waals surface area contributed by atoms with Gasteiger partial charge in [0.25, 0.3) is 0 Å². The second kappa shape index (κ2) is 8.36. The van der Waals surface area contributed by atoms with E-state index < -0.39 is 9.84 Å².